The average molecular weight is 275 g/mol. The van der Waals surface area contributed by atoms with Gasteiger partial charge in [0.25, 0.3) is 0 Å². The van der Waals surface area contributed by atoms with E-state index < -0.39 is 0 Å². The molecule has 0 spiro atoms. The summed E-state index contributed by atoms with van der Waals surface area (Å²) >= 11 is 0. The maximum atomic E-state index is 5.62. The fourth-order valence-corrected chi connectivity index (χ4v) is 3.04. The minimum absolute atomic E-state index is 0.419. The minimum Gasteiger partial charge on any atom is -0.494 e. The van der Waals surface area contributed by atoms with Crippen LogP contribution in [-0.2, 0) is 0 Å². The van der Waals surface area contributed by atoms with Crippen LogP contribution in [0.25, 0.3) is 0 Å². The van der Waals surface area contributed by atoms with Crippen molar-refractivity contribution in [3.63, 3.8) is 0 Å². The molecule has 20 heavy (non-hydrogen) atoms. The summed E-state index contributed by atoms with van der Waals surface area (Å²) in [6.07, 6.45) is 5.26. The lowest BCUT2D eigenvalue weighted by Crippen LogP contribution is -2.26. The summed E-state index contributed by atoms with van der Waals surface area (Å²) in [4.78, 5) is 0. The van der Waals surface area contributed by atoms with Crippen molar-refractivity contribution in [2.45, 2.75) is 52.5 Å². The van der Waals surface area contributed by atoms with Crippen molar-refractivity contribution in [2.24, 2.45) is 11.8 Å². The zero-order valence-corrected chi connectivity index (χ0v) is 13.2. The first kappa shape index (κ1) is 15.4. The SMILES string of the molecule is CCCOc1ccc(C(C)NCC2CCCC2C)cc1. The zero-order valence-electron chi connectivity index (χ0n) is 13.2. The molecule has 0 heterocycles. The monoisotopic (exact) mass is 275 g/mol. The van der Waals surface area contributed by atoms with Crippen molar-refractivity contribution in [1.82, 2.24) is 5.32 Å². The van der Waals surface area contributed by atoms with Gasteiger partial charge in [-0.3, -0.25) is 0 Å². The van der Waals surface area contributed by atoms with Crippen LogP contribution in [0.5, 0.6) is 5.75 Å². The summed E-state index contributed by atoms with van der Waals surface area (Å²) in [6, 6.07) is 8.95. The van der Waals surface area contributed by atoms with Crippen LogP contribution in [0.3, 0.4) is 0 Å². The molecule has 1 fully saturated rings. The molecule has 0 aliphatic heterocycles. The number of benzene rings is 1. The van der Waals surface area contributed by atoms with E-state index in [0.29, 0.717) is 6.04 Å². The van der Waals surface area contributed by atoms with Gasteiger partial charge in [-0.2, -0.15) is 0 Å². The fraction of sp³-hybridized carbons (Fsp3) is 0.667. The molecule has 2 heteroatoms. The maximum absolute atomic E-state index is 5.62. The van der Waals surface area contributed by atoms with Gasteiger partial charge >= 0.3 is 0 Å². The van der Waals surface area contributed by atoms with E-state index in [1.54, 1.807) is 0 Å². The van der Waals surface area contributed by atoms with Gasteiger partial charge in [0, 0.05) is 6.04 Å². The molecule has 2 rings (SSSR count). The van der Waals surface area contributed by atoms with Crippen molar-refractivity contribution < 1.29 is 4.74 Å². The molecule has 1 aliphatic rings. The van der Waals surface area contributed by atoms with Crippen LogP contribution in [0.1, 0.15) is 58.1 Å². The predicted octanol–water partition coefficient (Wildman–Crippen LogP) is 4.56. The van der Waals surface area contributed by atoms with Crippen LogP contribution in [0.15, 0.2) is 24.3 Å². The van der Waals surface area contributed by atoms with Crippen molar-refractivity contribution in [3.05, 3.63) is 29.8 Å². The minimum atomic E-state index is 0.419. The molecule has 0 amide bonds. The van der Waals surface area contributed by atoms with Crippen molar-refractivity contribution in [1.29, 1.82) is 0 Å². The van der Waals surface area contributed by atoms with Crippen molar-refractivity contribution in [3.8, 4) is 5.75 Å². The highest BCUT2D eigenvalue weighted by molar-refractivity contribution is 5.28. The van der Waals surface area contributed by atoms with Crippen LogP contribution in [0, 0.1) is 11.8 Å². The Balaban J connectivity index is 1.81. The van der Waals surface area contributed by atoms with E-state index in [1.165, 1.54) is 24.8 Å². The fourth-order valence-electron chi connectivity index (χ4n) is 3.04. The second-order valence-electron chi connectivity index (χ2n) is 6.22. The topological polar surface area (TPSA) is 21.3 Å². The smallest absolute Gasteiger partial charge is 0.119 e. The third-order valence-electron chi connectivity index (χ3n) is 4.58. The van der Waals surface area contributed by atoms with Crippen LogP contribution in [0.2, 0.25) is 0 Å². The van der Waals surface area contributed by atoms with Gasteiger partial charge in [-0.05, 0) is 55.8 Å². The van der Waals surface area contributed by atoms with Gasteiger partial charge < -0.3 is 10.1 Å². The molecule has 3 unspecified atom stereocenters. The van der Waals surface area contributed by atoms with E-state index in [0.717, 1.165) is 37.2 Å². The molecule has 1 aromatic carbocycles. The summed E-state index contributed by atoms with van der Waals surface area (Å²) in [5, 5.41) is 3.69. The molecule has 1 aromatic rings. The van der Waals surface area contributed by atoms with Gasteiger partial charge in [0.05, 0.1) is 6.61 Å². The Bertz CT molecular complexity index is 387. The molecule has 1 saturated carbocycles. The molecular formula is C18H29NO. The van der Waals surface area contributed by atoms with Crippen LogP contribution in [0.4, 0.5) is 0 Å². The van der Waals surface area contributed by atoms with E-state index in [1.807, 2.05) is 0 Å². The molecule has 112 valence electrons. The molecule has 0 bridgehead atoms. The van der Waals surface area contributed by atoms with E-state index in [9.17, 15) is 0 Å². The highest BCUT2D eigenvalue weighted by Gasteiger charge is 2.23. The summed E-state index contributed by atoms with van der Waals surface area (Å²) in [5.74, 6) is 2.73. The number of rotatable bonds is 7. The molecule has 0 radical (unpaired) electrons. The number of hydrogen-bond donors (Lipinski definition) is 1. The summed E-state index contributed by atoms with van der Waals surface area (Å²) in [5.41, 5.74) is 1.35. The first-order valence-electron chi connectivity index (χ1n) is 8.16. The zero-order chi connectivity index (χ0) is 14.4. The Morgan fingerprint density at radius 2 is 2.00 bits per heavy atom. The highest BCUT2D eigenvalue weighted by Crippen LogP contribution is 2.31. The van der Waals surface area contributed by atoms with Crippen LogP contribution >= 0.6 is 0 Å². The summed E-state index contributed by atoms with van der Waals surface area (Å²) in [6.45, 7) is 8.72. The van der Waals surface area contributed by atoms with E-state index in [4.69, 9.17) is 4.74 Å². The lowest BCUT2D eigenvalue weighted by atomic mass is 9.97. The molecule has 0 saturated heterocycles. The molecule has 0 aromatic heterocycles. The van der Waals surface area contributed by atoms with E-state index in [2.05, 4.69) is 50.4 Å². The third-order valence-corrected chi connectivity index (χ3v) is 4.58. The largest absolute Gasteiger partial charge is 0.494 e. The lowest BCUT2D eigenvalue weighted by Gasteiger charge is -2.20. The van der Waals surface area contributed by atoms with Crippen LogP contribution in [-0.4, -0.2) is 13.2 Å². The second-order valence-corrected chi connectivity index (χ2v) is 6.22. The Kier molecular flexibility index (Phi) is 5.90. The standard InChI is InChI=1S/C18H29NO/c1-4-12-20-18-10-8-16(9-11-18)15(3)19-13-17-7-5-6-14(17)2/h8-11,14-15,17,19H,4-7,12-13H2,1-3H3. The van der Waals surface area contributed by atoms with Crippen molar-refractivity contribution >= 4 is 0 Å². The van der Waals surface area contributed by atoms with Gasteiger partial charge in [0.1, 0.15) is 5.75 Å². The number of ether oxygens (including phenoxy) is 1. The Hall–Kier alpha value is -1.02. The van der Waals surface area contributed by atoms with Gasteiger partial charge in [-0.25, -0.2) is 0 Å². The predicted molar refractivity (Wildman–Crippen MR) is 85.2 cm³/mol. The number of nitrogens with one attached hydrogen (secondary N) is 1. The molecular weight excluding hydrogens is 246 g/mol. The van der Waals surface area contributed by atoms with Gasteiger partial charge in [-0.15, -0.1) is 0 Å². The van der Waals surface area contributed by atoms with Crippen molar-refractivity contribution in [2.75, 3.05) is 13.2 Å². The third kappa shape index (κ3) is 4.24. The molecule has 2 nitrogen and oxygen atoms in total. The van der Waals surface area contributed by atoms with Gasteiger partial charge in [-0.1, -0.05) is 38.8 Å². The maximum Gasteiger partial charge on any atom is 0.119 e. The highest BCUT2D eigenvalue weighted by atomic mass is 16.5. The quantitative estimate of drug-likeness (QED) is 0.787. The first-order valence-corrected chi connectivity index (χ1v) is 8.16. The Labute approximate surface area is 123 Å². The lowest BCUT2D eigenvalue weighted by molar-refractivity contribution is 0.317. The summed E-state index contributed by atoms with van der Waals surface area (Å²) < 4.78 is 5.62. The first-order chi connectivity index (χ1) is 9.70. The normalized spacial score (nSPS) is 23.8. The second kappa shape index (κ2) is 7.68. The molecule has 3 atom stereocenters. The van der Waals surface area contributed by atoms with E-state index in [-0.39, 0.29) is 0 Å². The molecule has 1 aliphatic carbocycles. The van der Waals surface area contributed by atoms with E-state index >= 15 is 0 Å². The van der Waals surface area contributed by atoms with Crippen LogP contribution < -0.4 is 10.1 Å². The van der Waals surface area contributed by atoms with Gasteiger partial charge in [0.2, 0.25) is 0 Å². The molecule has 1 N–H and O–H groups in total. The number of hydrogen-bond acceptors (Lipinski definition) is 2. The summed E-state index contributed by atoms with van der Waals surface area (Å²) in [7, 11) is 0. The average Bonchev–Trinajstić information content (AvgIpc) is 2.88. The Morgan fingerprint density at radius 3 is 2.60 bits per heavy atom. The Morgan fingerprint density at radius 1 is 1.25 bits per heavy atom. The van der Waals surface area contributed by atoms with Gasteiger partial charge in [0.15, 0.2) is 0 Å².